The van der Waals surface area contributed by atoms with E-state index in [1.54, 1.807) is 0 Å². The topological polar surface area (TPSA) is 87.0 Å². The van der Waals surface area contributed by atoms with E-state index in [-0.39, 0.29) is 12.6 Å². The van der Waals surface area contributed by atoms with E-state index < -0.39 is 12.2 Å². The van der Waals surface area contributed by atoms with Crippen LogP contribution in [0.4, 0.5) is 0 Å². The number of methoxy groups -OCH3 is 1. The van der Waals surface area contributed by atoms with Crippen molar-refractivity contribution >= 4 is 5.97 Å². The number of aliphatic hydroxyl groups is 3. The maximum Gasteiger partial charge on any atom is 0.305 e. The fourth-order valence-corrected chi connectivity index (χ4v) is 2.81. The van der Waals surface area contributed by atoms with Crippen molar-refractivity contribution in [2.24, 2.45) is 0 Å². The zero-order chi connectivity index (χ0) is 18.0. The molecule has 0 aromatic rings. The maximum absolute atomic E-state index is 10.9. The van der Waals surface area contributed by atoms with Crippen LogP contribution in [0.3, 0.4) is 0 Å². The summed E-state index contributed by atoms with van der Waals surface area (Å²) in [5.41, 5.74) is 0. The van der Waals surface area contributed by atoms with Crippen LogP contribution in [0.1, 0.15) is 89.9 Å². The molecule has 2 atom stereocenters. The molecule has 0 aliphatic carbocycles. The van der Waals surface area contributed by atoms with Crippen LogP contribution < -0.4 is 0 Å². The summed E-state index contributed by atoms with van der Waals surface area (Å²) in [7, 11) is 1.41. The van der Waals surface area contributed by atoms with Gasteiger partial charge in [-0.3, -0.25) is 4.79 Å². The van der Waals surface area contributed by atoms with E-state index in [1.807, 2.05) is 0 Å². The van der Waals surface area contributed by atoms with Gasteiger partial charge in [0.1, 0.15) is 0 Å². The third kappa shape index (κ3) is 14.9. The highest BCUT2D eigenvalue weighted by Crippen LogP contribution is 2.15. The standard InChI is InChI=1S/C19H38O5/c1-24-19(23)15-11-7-4-6-10-14-18(22)17(21)13-9-5-2-3-8-12-16-20/h17-18,20-22H,2-16H2,1H3/t17-,18-/m1/s1. The van der Waals surface area contributed by atoms with E-state index in [4.69, 9.17) is 5.11 Å². The summed E-state index contributed by atoms with van der Waals surface area (Å²) in [6.07, 6.45) is 11.7. The molecule has 0 fully saturated rings. The lowest BCUT2D eigenvalue weighted by atomic mass is 9.99. The zero-order valence-electron chi connectivity index (χ0n) is 15.4. The SMILES string of the molecule is COC(=O)CCCCCCC[C@@H](O)[C@H](O)CCCCCCCCO. The third-order valence-electron chi connectivity index (χ3n) is 4.46. The third-order valence-corrected chi connectivity index (χ3v) is 4.46. The number of ether oxygens (including phenoxy) is 1. The number of rotatable bonds is 17. The number of hydrogen-bond donors (Lipinski definition) is 3. The van der Waals surface area contributed by atoms with Gasteiger partial charge in [-0.2, -0.15) is 0 Å². The first kappa shape index (κ1) is 23.4. The molecular formula is C19H38O5. The molecule has 144 valence electrons. The van der Waals surface area contributed by atoms with Crippen LogP contribution in [-0.2, 0) is 9.53 Å². The van der Waals surface area contributed by atoms with E-state index in [0.29, 0.717) is 19.3 Å². The van der Waals surface area contributed by atoms with Crippen molar-refractivity contribution in [3.05, 3.63) is 0 Å². The van der Waals surface area contributed by atoms with Crippen LogP contribution in [0.5, 0.6) is 0 Å². The molecule has 0 rings (SSSR count). The number of unbranched alkanes of at least 4 members (excludes halogenated alkanes) is 9. The predicted octanol–water partition coefficient (Wildman–Crippen LogP) is 3.33. The normalized spacial score (nSPS) is 13.7. The van der Waals surface area contributed by atoms with Crippen molar-refractivity contribution in [3.8, 4) is 0 Å². The van der Waals surface area contributed by atoms with Crippen LogP contribution in [-0.4, -0.2) is 47.2 Å². The quantitative estimate of drug-likeness (QED) is 0.278. The molecule has 3 N–H and O–H groups in total. The average molecular weight is 347 g/mol. The average Bonchev–Trinajstić information content (AvgIpc) is 2.59. The van der Waals surface area contributed by atoms with Crippen LogP contribution in [0, 0.1) is 0 Å². The number of aliphatic hydroxyl groups excluding tert-OH is 3. The van der Waals surface area contributed by atoms with Crippen molar-refractivity contribution < 1.29 is 24.9 Å². The number of hydrogen-bond acceptors (Lipinski definition) is 5. The minimum atomic E-state index is -0.616. The Labute approximate surface area is 147 Å². The van der Waals surface area contributed by atoms with Crippen LogP contribution >= 0.6 is 0 Å². The van der Waals surface area contributed by atoms with E-state index >= 15 is 0 Å². The zero-order valence-corrected chi connectivity index (χ0v) is 15.4. The summed E-state index contributed by atoms with van der Waals surface area (Å²) in [5, 5.41) is 28.6. The monoisotopic (exact) mass is 346 g/mol. The van der Waals surface area contributed by atoms with Crippen LogP contribution in [0.15, 0.2) is 0 Å². The second-order valence-electron chi connectivity index (χ2n) is 6.65. The lowest BCUT2D eigenvalue weighted by Gasteiger charge is -2.17. The fourth-order valence-electron chi connectivity index (χ4n) is 2.81. The number of esters is 1. The van der Waals surface area contributed by atoms with Crippen molar-refractivity contribution in [1.29, 1.82) is 0 Å². The molecule has 0 aromatic heterocycles. The van der Waals surface area contributed by atoms with Crippen molar-refractivity contribution in [1.82, 2.24) is 0 Å². The van der Waals surface area contributed by atoms with E-state index in [2.05, 4.69) is 4.74 Å². The van der Waals surface area contributed by atoms with E-state index in [9.17, 15) is 15.0 Å². The Hall–Kier alpha value is -0.650. The highest BCUT2D eigenvalue weighted by Gasteiger charge is 2.15. The van der Waals surface area contributed by atoms with Gasteiger partial charge in [0.05, 0.1) is 19.3 Å². The lowest BCUT2D eigenvalue weighted by molar-refractivity contribution is -0.140. The number of carbonyl (C=O) groups is 1. The van der Waals surface area contributed by atoms with Crippen LogP contribution in [0.2, 0.25) is 0 Å². The Morgan fingerprint density at radius 1 is 0.750 bits per heavy atom. The smallest absolute Gasteiger partial charge is 0.305 e. The Bertz CT molecular complexity index is 283. The molecule has 0 amide bonds. The largest absolute Gasteiger partial charge is 0.469 e. The minimum Gasteiger partial charge on any atom is -0.469 e. The molecule has 0 aliphatic rings. The highest BCUT2D eigenvalue weighted by molar-refractivity contribution is 5.68. The second kappa shape index (κ2) is 17.2. The van der Waals surface area contributed by atoms with Crippen molar-refractivity contribution in [3.63, 3.8) is 0 Å². The molecule has 24 heavy (non-hydrogen) atoms. The number of carbonyl (C=O) groups excluding carboxylic acids is 1. The molecule has 0 spiro atoms. The first-order valence-electron chi connectivity index (χ1n) is 9.65. The van der Waals surface area contributed by atoms with Gasteiger partial charge in [0.25, 0.3) is 0 Å². The van der Waals surface area contributed by atoms with E-state index in [0.717, 1.165) is 70.6 Å². The first-order chi connectivity index (χ1) is 11.6. The fraction of sp³-hybridized carbons (Fsp3) is 0.947. The van der Waals surface area contributed by atoms with Gasteiger partial charge in [-0.05, 0) is 25.7 Å². The van der Waals surface area contributed by atoms with Gasteiger partial charge in [0.2, 0.25) is 0 Å². The predicted molar refractivity (Wildman–Crippen MR) is 95.8 cm³/mol. The van der Waals surface area contributed by atoms with Gasteiger partial charge < -0.3 is 20.1 Å². The summed E-state index contributed by atoms with van der Waals surface area (Å²) in [5.74, 6) is -0.151. The molecule has 0 radical (unpaired) electrons. The first-order valence-corrected chi connectivity index (χ1v) is 9.65. The summed E-state index contributed by atoms with van der Waals surface area (Å²) >= 11 is 0. The van der Waals surface area contributed by atoms with Gasteiger partial charge >= 0.3 is 5.97 Å². The van der Waals surface area contributed by atoms with Gasteiger partial charge in [0.15, 0.2) is 0 Å². The summed E-state index contributed by atoms with van der Waals surface area (Å²) in [6, 6.07) is 0. The molecule has 0 aliphatic heterocycles. The maximum atomic E-state index is 10.9. The van der Waals surface area contributed by atoms with Crippen molar-refractivity contribution in [2.45, 2.75) is 102 Å². The minimum absolute atomic E-state index is 0.151. The molecule has 0 saturated heterocycles. The Balaban J connectivity index is 3.39. The summed E-state index contributed by atoms with van der Waals surface area (Å²) in [6.45, 7) is 0.274. The molecule has 5 heteroatoms. The second-order valence-corrected chi connectivity index (χ2v) is 6.65. The molecule has 0 saturated carbocycles. The Morgan fingerprint density at radius 2 is 1.17 bits per heavy atom. The van der Waals surface area contributed by atoms with Crippen molar-refractivity contribution in [2.75, 3.05) is 13.7 Å². The van der Waals surface area contributed by atoms with Gasteiger partial charge in [-0.15, -0.1) is 0 Å². The Kier molecular flexibility index (Phi) is 16.7. The van der Waals surface area contributed by atoms with Gasteiger partial charge in [-0.1, -0.05) is 57.8 Å². The molecule has 0 aromatic carbocycles. The van der Waals surface area contributed by atoms with Gasteiger partial charge in [0, 0.05) is 13.0 Å². The molecular weight excluding hydrogens is 308 g/mol. The van der Waals surface area contributed by atoms with E-state index in [1.165, 1.54) is 7.11 Å². The summed E-state index contributed by atoms with van der Waals surface area (Å²) < 4.78 is 4.59. The highest BCUT2D eigenvalue weighted by atomic mass is 16.5. The molecule has 0 unspecified atom stereocenters. The summed E-state index contributed by atoms with van der Waals surface area (Å²) in [4.78, 5) is 10.9. The van der Waals surface area contributed by atoms with Gasteiger partial charge in [-0.25, -0.2) is 0 Å². The lowest BCUT2D eigenvalue weighted by Crippen LogP contribution is -2.25. The molecule has 0 bridgehead atoms. The molecule has 5 nitrogen and oxygen atoms in total. The molecule has 0 heterocycles. The van der Waals surface area contributed by atoms with Crippen LogP contribution in [0.25, 0.3) is 0 Å². The Morgan fingerprint density at radius 3 is 1.62 bits per heavy atom.